The Morgan fingerprint density at radius 1 is 1.12 bits per heavy atom. The van der Waals surface area contributed by atoms with Gasteiger partial charge in [-0.05, 0) is 41.5 Å². The molecule has 9 heteroatoms. The Labute approximate surface area is 146 Å². The second kappa shape index (κ2) is 6.89. The largest absolute Gasteiger partial charge is 0.458 e. The van der Waals surface area contributed by atoms with Crippen LogP contribution in [0.4, 0.5) is 4.79 Å². The number of likely N-dealkylation sites (tertiary alicyclic amines) is 1. The van der Waals surface area contributed by atoms with Crippen molar-refractivity contribution in [1.29, 1.82) is 0 Å². The maximum absolute atomic E-state index is 12.5. The Morgan fingerprint density at radius 2 is 1.72 bits per heavy atom. The van der Waals surface area contributed by atoms with Crippen LogP contribution in [0.3, 0.4) is 0 Å². The average Bonchev–Trinajstić information content (AvgIpc) is 2.90. The van der Waals surface area contributed by atoms with E-state index in [9.17, 15) is 14.4 Å². The molecular weight excluding hydrogens is 334 g/mol. The predicted octanol–water partition coefficient (Wildman–Crippen LogP) is 1.74. The molecule has 0 aliphatic carbocycles. The number of rotatable bonds is 3. The molecule has 0 aromatic heterocycles. The van der Waals surface area contributed by atoms with Gasteiger partial charge in [-0.3, -0.25) is 4.79 Å². The van der Waals surface area contributed by atoms with Gasteiger partial charge in [0.25, 0.3) is 0 Å². The highest BCUT2D eigenvalue weighted by molar-refractivity contribution is 6.06. The molecule has 2 aliphatic rings. The maximum Gasteiger partial charge on any atom is 0.417 e. The van der Waals surface area contributed by atoms with E-state index in [2.05, 4.69) is 4.89 Å². The summed E-state index contributed by atoms with van der Waals surface area (Å²) in [6, 6.07) is -1.09. The number of hydrogen-bond acceptors (Lipinski definition) is 8. The summed E-state index contributed by atoms with van der Waals surface area (Å²) in [4.78, 5) is 47.5. The summed E-state index contributed by atoms with van der Waals surface area (Å²) in [5, 5.41) is 0. The second-order valence-corrected chi connectivity index (χ2v) is 7.94. The summed E-state index contributed by atoms with van der Waals surface area (Å²) in [5.74, 6) is -2.03. The van der Waals surface area contributed by atoms with Crippen LogP contribution in [0.15, 0.2) is 0 Å². The molecular formula is C16H25NO8. The lowest BCUT2D eigenvalue weighted by Crippen LogP contribution is -2.68. The minimum Gasteiger partial charge on any atom is -0.458 e. The van der Waals surface area contributed by atoms with Gasteiger partial charge in [-0.1, -0.05) is 0 Å². The predicted molar refractivity (Wildman–Crippen MR) is 82.7 cm³/mol. The van der Waals surface area contributed by atoms with Crippen LogP contribution in [-0.2, 0) is 33.6 Å². The SMILES string of the molecule is CC(C)(C)OC(=O)[C@@H]1[C@@H](CC2OCOO2)C(=O)N1C(=O)OC(C)(C)C. The fraction of sp³-hybridized carbons (Fsp3) is 0.812. The first-order valence-electron chi connectivity index (χ1n) is 8.08. The lowest BCUT2D eigenvalue weighted by atomic mass is 9.84. The number of esters is 1. The van der Waals surface area contributed by atoms with Gasteiger partial charge in [0.05, 0.1) is 5.92 Å². The fourth-order valence-electron chi connectivity index (χ4n) is 2.47. The van der Waals surface area contributed by atoms with Gasteiger partial charge < -0.3 is 14.2 Å². The van der Waals surface area contributed by atoms with Crippen LogP contribution in [0.1, 0.15) is 48.0 Å². The van der Waals surface area contributed by atoms with Crippen molar-refractivity contribution in [2.24, 2.45) is 5.92 Å². The molecule has 0 bridgehead atoms. The smallest absolute Gasteiger partial charge is 0.417 e. The van der Waals surface area contributed by atoms with Crippen LogP contribution in [-0.4, -0.2) is 53.2 Å². The van der Waals surface area contributed by atoms with Gasteiger partial charge >= 0.3 is 12.1 Å². The van der Waals surface area contributed by atoms with Crippen molar-refractivity contribution in [2.45, 2.75) is 71.5 Å². The van der Waals surface area contributed by atoms with E-state index in [4.69, 9.17) is 19.1 Å². The van der Waals surface area contributed by atoms with Crippen molar-refractivity contribution in [3.8, 4) is 0 Å². The van der Waals surface area contributed by atoms with Crippen molar-refractivity contribution in [3.05, 3.63) is 0 Å². The monoisotopic (exact) mass is 359 g/mol. The Morgan fingerprint density at radius 3 is 2.20 bits per heavy atom. The zero-order chi connectivity index (χ0) is 19.0. The second-order valence-electron chi connectivity index (χ2n) is 7.94. The van der Waals surface area contributed by atoms with Crippen molar-refractivity contribution < 1.29 is 38.4 Å². The molecule has 25 heavy (non-hydrogen) atoms. The van der Waals surface area contributed by atoms with E-state index < -0.39 is 47.4 Å². The van der Waals surface area contributed by atoms with Crippen LogP contribution in [0, 0.1) is 5.92 Å². The molecule has 0 spiro atoms. The van der Waals surface area contributed by atoms with Gasteiger partial charge in [0.1, 0.15) is 11.2 Å². The van der Waals surface area contributed by atoms with E-state index in [1.165, 1.54) is 0 Å². The van der Waals surface area contributed by atoms with E-state index in [1.807, 2.05) is 0 Å². The molecule has 9 nitrogen and oxygen atoms in total. The molecule has 0 aromatic rings. The summed E-state index contributed by atoms with van der Waals surface area (Å²) in [6.07, 6.45) is -1.59. The number of nitrogens with zero attached hydrogens (tertiary/aromatic N) is 1. The fourth-order valence-corrected chi connectivity index (χ4v) is 2.47. The van der Waals surface area contributed by atoms with Gasteiger partial charge in [0.2, 0.25) is 5.91 Å². The van der Waals surface area contributed by atoms with E-state index in [0.29, 0.717) is 0 Å². The molecule has 0 radical (unpaired) electrons. The number of carbonyl (C=O) groups is 3. The Hall–Kier alpha value is -1.71. The highest BCUT2D eigenvalue weighted by Gasteiger charge is 2.58. The molecule has 2 heterocycles. The molecule has 2 rings (SSSR count). The van der Waals surface area contributed by atoms with Crippen molar-refractivity contribution >= 4 is 18.0 Å². The van der Waals surface area contributed by atoms with E-state index >= 15 is 0 Å². The molecule has 0 N–H and O–H groups in total. The highest BCUT2D eigenvalue weighted by Crippen LogP contribution is 2.35. The summed E-state index contributed by atoms with van der Waals surface area (Å²) < 4.78 is 15.7. The van der Waals surface area contributed by atoms with Gasteiger partial charge in [0, 0.05) is 6.42 Å². The molecule has 1 unspecified atom stereocenters. The van der Waals surface area contributed by atoms with Gasteiger partial charge in [-0.15, -0.1) is 0 Å². The van der Waals surface area contributed by atoms with Crippen LogP contribution in [0.25, 0.3) is 0 Å². The topological polar surface area (TPSA) is 101 Å². The summed E-state index contributed by atoms with van der Waals surface area (Å²) in [7, 11) is 0. The average molecular weight is 359 g/mol. The molecule has 3 atom stereocenters. The van der Waals surface area contributed by atoms with E-state index in [-0.39, 0.29) is 13.2 Å². The third-order valence-corrected chi connectivity index (χ3v) is 3.38. The van der Waals surface area contributed by atoms with Crippen LogP contribution in [0.2, 0.25) is 0 Å². The van der Waals surface area contributed by atoms with Crippen LogP contribution < -0.4 is 0 Å². The molecule has 2 aliphatic heterocycles. The zero-order valence-corrected chi connectivity index (χ0v) is 15.4. The quantitative estimate of drug-likeness (QED) is 0.427. The summed E-state index contributed by atoms with van der Waals surface area (Å²) in [6.45, 7) is 10.1. The molecule has 2 fully saturated rings. The van der Waals surface area contributed by atoms with Crippen LogP contribution in [0.5, 0.6) is 0 Å². The molecule has 142 valence electrons. The Bertz CT molecular complexity index is 541. The van der Waals surface area contributed by atoms with Gasteiger partial charge in [-0.25, -0.2) is 24.3 Å². The summed E-state index contributed by atoms with van der Waals surface area (Å²) in [5.41, 5.74) is -1.56. The standard InChI is InChI=1S/C16H25NO8/c1-15(2,3)23-13(19)11-9(7-10-21-8-22-25-10)12(18)17(11)14(20)24-16(4,5)6/h9-11H,7-8H2,1-6H3/t9-,10?,11+/m1/s1. The minimum atomic E-state index is -1.09. The first kappa shape index (κ1) is 19.6. The molecule has 2 amide bonds. The molecule has 2 saturated heterocycles. The first-order valence-corrected chi connectivity index (χ1v) is 8.08. The third-order valence-electron chi connectivity index (χ3n) is 3.38. The number of amides is 2. The number of ether oxygens (including phenoxy) is 3. The lowest BCUT2D eigenvalue weighted by Gasteiger charge is -2.44. The van der Waals surface area contributed by atoms with Gasteiger partial charge in [0.15, 0.2) is 19.1 Å². The minimum absolute atomic E-state index is 0.0571. The Balaban J connectivity index is 2.15. The van der Waals surface area contributed by atoms with E-state index in [1.54, 1.807) is 41.5 Å². The van der Waals surface area contributed by atoms with Crippen molar-refractivity contribution in [2.75, 3.05) is 6.79 Å². The lowest BCUT2D eigenvalue weighted by molar-refractivity contribution is -0.281. The van der Waals surface area contributed by atoms with Crippen LogP contribution >= 0.6 is 0 Å². The molecule has 0 aromatic carbocycles. The number of β-lactam (4-membered cyclic amide) rings is 1. The van der Waals surface area contributed by atoms with Crippen molar-refractivity contribution in [1.82, 2.24) is 4.90 Å². The highest BCUT2D eigenvalue weighted by atomic mass is 17.3. The number of hydrogen-bond donors (Lipinski definition) is 0. The normalized spacial score (nSPS) is 27.0. The third kappa shape index (κ3) is 4.90. The Kier molecular flexibility index (Phi) is 5.41. The zero-order valence-electron chi connectivity index (χ0n) is 15.4. The molecule has 0 saturated carbocycles. The van der Waals surface area contributed by atoms with Crippen molar-refractivity contribution in [3.63, 3.8) is 0 Å². The first-order chi connectivity index (χ1) is 11.4. The number of carbonyl (C=O) groups excluding carboxylic acids is 3. The maximum atomic E-state index is 12.5. The van der Waals surface area contributed by atoms with E-state index in [0.717, 1.165) is 4.90 Å². The summed E-state index contributed by atoms with van der Waals surface area (Å²) >= 11 is 0. The van der Waals surface area contributed by atoms with Gasteiger partial charge in [-0.2, -0.15) is 0 Å². The number of imide groups is 1.